The molecule has 6 nitrogen and oxygen atoms in total. The summed E-state index contributed by atoms with van der Waals surface area (Å²) in [5.74, 6) is 2.21. The minimum absolute atomic E-state index is 0.0307. The maximum atomic E-state index is 12.4. The molecule has 0 aliphatic heterocycles. The van der Waals surface area contributed by atoms with Crippen LogP contribution in [0, 0.1) is 0 Å². The highest BCUT2D eigenvalue weighted by molar-refractivity contribution is 6.31. The van der Waals surface area contributed by atoms with E-state index in [1.807, 2.05) is 60.7 Å². The summed E-state index contributed by atoms with van der Waals surface area (Å²) in [6, 6.07) is 21.5. The van der Waals surface area contributed by atoms with Crippen LogP contribution in [-0.4, -0.2) is 36.2 Å². The number of aromatic nitrogens is 2. The van der Waals surface area contributed by atoms with Gasteiger partial charge in [-0.15, -0.1) is 0 Å². The standard InChI is InChI=1S/C27H28ClN3O3/c1-33-24-14-13-19(16-25(24)34-2)17-27(32)29-15-7-12-26-30-22-10-5-6-11-23(22)31(26)18-20-8-3-4-9-21(20)28/h3-6,8-11,13-14,16H,7,12,15,17-18H2,1-2H3,(H,29,32). The van der Waals surface area contributed by atoms with Gasteiger partial charge in [-0.2, -0.15) is 0 Å². The first-order chi connectivity index (χ1) is 16.6. The third kappa shape index (κ3) is 5.51. The summed E-state index contributed by atoms with van der Waals surface area (Å²) in [4.78, 5) is 17.3. The monoisotopic (exact) mass is 477 g/mol. The lowest BCUT2D eigenvalue weighted by Gasteiger charge is -2.12. The fourth-order valence-electron chi connectivity index (χ4n) is 4.00. The third-order valence-corrected chi connectivity index (χ3v) is 6.10. The zero-order valence-electron chi connectivity index (χ0n) is 19.4. The van der Waals surface area contributed by atoms with Crippen LogP contribution >= 0.6 is 11.6 Å². The molecular formula is C27H28ClN3O3. The number of hydrogen-bond acceptors (Lipinski definition) is 4. The van der Waals surface area contributed by atoms with Gasteiger partial charge in [0.25, 0.3) is 0 Å². The minimum atomic E-state index is -0.0307. The minimum Gasteiger partial charge on any atom is -0.493 e. The molecule has 0 bridgehead atoms. The van der Waals surface area contributed by atoms with Gasteiger partial charge >= 0.3 is 0 Å². The smallest absolute Gasteiger partial charge is 0.224 e. The van der Waals surface area contributed by atoms with Gasteiger partial charge in [-0.3, -0.25) is 4.79 Å². The molecule has 0 fully saturated rings. The van der Waals surface area contributed by atoms with Crippen LogP contribution in [0.2, 0.25) is 5.02 Å². The number of rotatable bonds is 10. The lowest BCUT2D eigenvalue weighted by Crippen LogP contribution is -2.26. The van der Waals surface area contributed by atoms with Gasteiger partial charge < -0.3 is 19.4 Å². The number of fused-ring (bicyclic) bond motifs is 1. The Hall–Kier alpha value is -3.51. The second-order valence-corrected chi connectivity index (χ2v) is 8.42. The molecule has 0 saturated heterocycles. The van der Waals surface area contributed by atoms with Crippen molar-refractivity contribution in [2.45, 2.75) is 25.8 Å². The average molecular weight is 478 g/mol. The summed E-state index contributed by atoms with van der Waals surface area (Å²) in [5, 5.41) is 3.75. The van der Waals surface area contributed by atoms with Gasteiger partial charge in [-0.25, -0.2) is 4.98 Å². The molecule has 1 amide bonds. The van der Waals surface area contributed by atoms with Crippen molar-refractivity contribution in [3.05, 3.63) is 88.7 Å². The highest BCUT2D eigenvalue weighted by atomic mass is 35.5. The van der Waals surface area contributed by atoms with Gasteiger partial charge in [-0.1, -0.05) is 48.0 Å². The number of benzene rings is 3. The Morgan fingerprint density at radius 1 is 1.00 bits per heavy atom. The van der Waals surface area contributed by atoms with E-state index in [1.165, 1.54) is 0 Å². The molecule has 7 heteroatoms. The van der Waals surface area contributed by atoms with Crippen LogP contribution in [0.15, 0.2) is 66.7 Å². The Bertz CT molecular complexity index is 1290. The molecule has 0 unspecified atom stereocenters. The van der Waals surface area contributed by atoms with Gasteiger partial charge in [0.05, 0.1) is 38.2 Å². The van der Waals surface area contributed by atoms with Crippen molar-refractivity contribution in [1.29, 1.82) is 0 Å². The third-order valence-electron chi connectivity index (χ3n) is 5.73. The topological polar surface area (TPSA) is 65.4 Å². The molecule has 3 aromatic carbocycles. The average Bonchev–Trinajstić information content (AvgIpc) is 3.20. The zero-order valence-corrected chi connectivity index (χ0v) is 20.1. The number of carbonyl (C=O) groups is 1. The summed E-state index contributed by atoms with van der Waals surface area (Å²) < 4.78 is 12.8. The Labute approximate surface area is 204 Å². The van der Waals surface area contributed by atoms with Crippen molar-refractivity contribution in [1.82, 2.24) is 14.9 Å². The van der Waals surface area contributed by atoms with Crippen molar-refractivity contribution >= 4 is 28.5 Å². The number of hydrogen-bond donors (Lipinski definition) is 1. The number of ether oxygens (including phenoxy) is 2. The molecule has 0 radical (unpaired) electrons. The Morgan fingerprint density at radius 2 is 1.76 bits per heavy atom. The molecule has 0 atom stereocenters. The molecule has 1 aromatic heterocycles. The van der Waals surface area contributed by atoms with E-state index in [9.17, 15) is 4.79 Å². The molecule has 4 aromatic rings. The van der Waals surface area contributed by atoms with E-state index in [0.717, 1.165) is 45.8 Å². The van der Waals surface area contributed by atoms with Crippen molar-refractivity contribution < 1.29 is 14.3 Å². The SMILES string of the molecule is COc1ccc(CC(=O)NCCCc2nc3ccccc3n2Cc2ccccc2Cl)cc1OC. The lowest BCUT2D eigenvalue weighted by molar-refractivity contribution is -0.120. The van der Waals surface area contributed by atoms with Crippen LogP contribution in [0.4, 0.5) is 0 Å². The fourth-order valence-corrected chi connectivity index (χ4v) is 4.20. The number of aryl methyl sites for hydroxylation is 1. The van der Waals surface area contributed by atoms with Crippen molar-refractivity contribution in [3.8, 4) is 11.5 Å². The Morgan fingerprint density at radius 3 is 2.56 bits per heavy atom. The van der Waals surface area contributed by atoms with Gasteiger partial charge in [0, 0.05) is 18.0 Å². The number of halogens is 1. The van der Waals surface area contributed by atoms with Crippen LogP contribution in [-0.2, 0) is 24.2 Å². The maximum Gasteiger partial charge on any atom is 0.224 e. The van der Waals surface area contributed by atoms with Crippen molar-refractivity contribution in [2.24, 2.45) is 0 Å². The fraction of sp³-hybridized carbons (Fsp3) is 0.259. The van der Waals surface area contributed by atoms with Crippen molar-refractivity contribution in [2.75, 3.05) is 20.8 Å². The number of nitrogens with zero attached hydrogens (tertiary/aromatic N) is 2. The van der Waals surface area contributed by atoms with E-state index in [-0.39, 0.29) is 12.3 Å². The van der Waals surface area contributed by atoms with Crippen LogP contribution in [0.3, 0.4) is 0 Å². The first kappa shape index (κ1) is 23.6. The zero-order chi connectivity index (χ0) is 23.9. The largest absolute Gasteiger partial charge is 0.493 e. The molecule has 176 valence electrons. The molecule has 34 heavy (non-hydrogen) atoms. The molecule has 1 N–H and O–H groups in total. The van der Waals surface area contributed by atoms with E-state index in [0.29, 0.717) is 24.6 Å². The summed E-state index contributed by atoms with van der Waals surface area (Å²) in [6.45, 7) is 1.22. The summed E-state index contributed by atoms with van der Waals surface area (Å²) in [6.07, 6.45) is 1.81. The van der Waals surface area contributed by atoms with Gasteiger partial charge in [0.15, 0.2) is 11.5 Å². The predicted molar refractivity (Wildman–Crippen MR) is 135 cm³/mol. The highest BCUT2D eigenvalue weighted by Crippen LogP contribution is 2.27. The second kappa shape index (κ2) is 11.1. The summed E-state index contributed by atoms with van der Waals surface area (Å²) in [7, 11) is 3.17. The molecular weight excluding hydrogens is 450 g/mol. The second-order valence-electron chi connectivity index (χ2n) is 8.01. The van der Waals surface area contributed by atoms with Crippen LogP contribution in [0.5, 0.6) is 11.5 Å². The first-order valence-electron chi connectivity index (χ1n) is 11.2. The van der Waals surface area contributed by atoms with Crippen molar-refractivity contribution in [3.63, 3.8) is 0 Å². The molecule has 0 aliphatic rings. The van der Waals surface area contributed by atoms with Gasteiger partial charge in [0.1, 0.15) is 5.82 Å². The van der Waals surface area contributed by atoms with E-state index in [1.54, 1.807) is 14.2 Å². The quantitative estimate of drug-likeness (QED) is 0.325. The van der Waals surface area contributed by atoms with E-state index in [2.05, 4.69) is 16.0 Å². The first-order valence-corrected chi connectivity index (χ1v) is 11.6. The predicted octanol–water partition coefficient (Wildman–Crippen LogP) is 5.05. The van der Waals surface area contributed by atoms with Crippen LogP contribution in [0.1, 0.15) is 23.4 Å². The summed E-state index contributed by atoms with van der Waals surface area (Å²) >= 11 is 6.41. The number of amides is 1. The van der Waals surface area contributed by atoms with E-state index >= 15 is 0 Å². The maximum absolute atomic E-state index is 12.4. The number of methoxy groups -OCH3 is 2. The molecule has 0 saturated carbocycles. The number of para-hydroxylation sites is 2. The molecule has 4 rings (SSSR count). The number of imidazole rings is 1. The highest BCUT2D eigenvalue weighted by Gasteiger charge is 2.13. The molecule has 0 spiro atoms. The normalized spacial score (nSPS) is 10.9. The molecule has 0 aliphatic carbocycles. The van der Waals surface area contributed by atoms with E-state index < -0.39 is 0 Å². The lowest BCUT2D eigenvalue weighted by atomic mass is 10.1. The Balaban J connectivity index is 1.37. The Kier molecular flexibility index (Phi) is 7.70. The van der Waals surface area contributed by atoms with Crippen LogP contribution < -0.4 is 14.8 Å². The van der Waals surface area contributed by atoms with Gasteiger partial charge in [-0.05, 0) is 47.9 Å². The number of carbonyl (C=O) groups excluding carboxylic acids is 1. The molecule has 1 heterocycles. The number of nitrogens with one attached hydrogen (secondary N) is 1. The van der Waals surface area contributed by atoms with E-state index in [4.69, 9.17) is 26.1 Å². The van der Waals surface area contributed by atoms with Gasteiger partial charge in [0.2, 0.25) is 5.91 Å². The van der Waals surface area contributed by atoms with Crippen LogP contribution in [0.25, 0.3) is 11.0 Å². The summed E-state index contributed by atoms with van der Waals surface area (Å²) in [5.41, 5.74) is 3.96.